The lowest BCUT2D eigenvalue weighted by atomic mass is 10.1. The Morgan fingerprint density at radius 3 is 2.52 bits per heavy atom. The number of rotatable bonds is 7. The summed E-state index contributed by atoms with van der Waals surface area (Å²) in [6.45, 7) is 4.36. The summed E-state index contributed by atoms with van der Waals surface area (Å²) in [6, 6.07) is 14.0. The molecule has 2 rings (SSSR count). The Labute approximate surface area is 156 Å². The second-order valence-corrected chi connectivity index (χ2v) is 6.05. The summed E-state index contributed by atoms with van der Waals surface area (Å²) in [5.41, 5.74) is 1.50. The molecule has 0 aliphatic rings. The van der Waals surface area contributed by atoms with Gasteiger partial charge in [0.15, 0.2) is 6.61 Å². The molecule has 2 aromatic carbocycles. The number of nitriles is 1. The van der Waals surface area contributed by atoms with Crippen LogP contribution in [0.25, 0.3) is 0 Å². The summed E-state index contributed by atoms with van der Waals surface area (Å²) in [4.78, 5) is 14.0. The van der Waals surface area contributed by atoms with Crippen molar-refractivity contribution < 1.29 is 9.53 Å². The van der Waals surface area contributed by atoms with E-state index in [9.17, 15) is 4.79 Å². The van der Waals surface area contributed by atoms with Crippen LogP contribution >= 0.6 is 23.2 Å². The van der Waals surface area contributed by atoms with Gasteiger partial charge in [0.2, 0.25) is 0 Å². The number of hydrogen-bond acceptors (Lipinski definition) is 3. The van der Waals surface area contributed by atoms with Gasteiger partial charge in [0, 0.05) is 19.2 Å². The molecule has 2 aromatic rings. The highest BCUT2D eigenvalue weighted by Crippen LogP contribution is 2.26. The minimum absolute atomic E-state index is 0.123. The van der Waals surface area contributed by atoms with Crippen LogP contribution < -0.4 is 4.74 Å². The fourth-order valence-corrected chi connectivity index (χ4v) is 2.41. The van der Waals surface area contributed by atoms with E-state index >= 15 is 0 Å². The minimum Gasteiger partial charge on any atom is -0.484 e. The fourth-order valence-electron chi connectivity index (χ4n) is 2.12. The third-order valence-electron chi connectivity index (χ3n) is 3.41. The van der Waals surface area contributed by atoms with Crippen LogP contribution in [0.3, 0.4) is 0 Å². The highest BCUT2D eigenvalue weighted by molar-refractivity contribution is 6.42. The van der Waals surface area contributed by atoms with Crippen molar-refractivity contribution in [2.75, 3.05) is 13.2 Å². The Morgan fingerprint density at radius 2 is 1.92 bits per heavy atom. The lowest BCUT2D eigenvalue weighted by Gasteiger charge is -2.21. The van der Waals surface area contributed by atoms with E-state index in [1.165, 1.54) is 0 Å². The first-order valence-electron chi connectivity index (χ1n) is 7.49. The highest BCUT2D eigenvalue weighted by Gasteiger charge is 2.14. The molecule has 0 aromatic heterocycles. The van der Waals surface area contributed by atoms with Crippen LogP contribution in [0.4, 0.5) is 0 Å². The summed E-state index contributed by atoms with van der Waals surface area (Å²) in [5, 5.41) is 9.63. The van der Waals surface area contributed by atoms with Crippen molar-refractivity contribution in [3.05, 3.63) is 76.3 Å². The van der Waals surface area contributed by atoms with Gasteiger partial charge in [-0.05, 0) is 29.8 Å². The number of halogens is 2. The van der Waals surface area contributed by atoms with Crippen molar-refractivity contribution in [3.63, 3.8) is 0 Å². The molecule has 0 spiro atoms. The number of amides is 1. The minimum atomic E-state index is -0.185. The molecular formula is C19H16Cl2N2O2. The molecule has 0 heterocycles. The van der Waals surface area contributed by atoms with Gasteiger partial charge in [0.1, 0.15) is 5.75 Å². The molecule has 0 fully saturated rings. The van der Waals surface area contributed by atoms with E-state index in [-0.39, 0.29) is 12.5 Å². The first kappa shape index (κ1) is 18.9. The van der Waals surface area contributed by atoms with Crippen LogP contribution in [0.1, 0.15) is 11.1 Å². The van der Waals surface area contributed by atoms with Gasteiger partial charge in [-0.3, -0.25) is 4.79 Å². The predicted octanol–water partition coefficient (Wildman–Crippen LogP) is 4.46. The van der Waals surface area contributed by atoms with Crippen LogP contribution in [0.5, 0.6) is 5.75 Å². The van der Waals surface area contributed by atoms with E-state index in [0.29, 0.717) is 34.4 Å². The molecule has 0 atom stereocenters. The molecule has 1 amide bonds. The highest BCUT2D eigenvalue weighted by atomic mass is 35.5. The SMILES string of the molecule is C=CCN(Cc1ccc(C#N)cc1)C(=O)COc1ccc(Cl)c(Cl)c1. The van der Waals surface area contributed by atoms with E-state index in [1.807, 2.05) is 12.1 Å². The number of hydrogen-bond donors (Lipinski definition) is 0. The van der Waals surface area contributed by atoms with Crippen molar-refractivity contribution >= 4 is 29.1 Å². The lowest BCUT2D eigenvalue weighted by Crippen LogP contribution is -2.34. The van der Waals surface area contributed by atoms with E-state index in [2.05, 4.69) is 12.6 Å². The largest absolute Gasteiger partial charge is 0.484 e. The Morgan fingerprint density at radius 1 is 1.20 bits per heavy atom. The summed E-state index contributed by atoms with van der Waals surface area (Å²) in [5.74, 6) is 0.287. The molecule has 0 N–H and O–H groups in total. The van der Waals surface area contributed by atoms with Crippen molar-refractivity contribution in [2.45, 2.75) is 6.54 Å². The van der Waals surface area contributed by atoms with Crippen LogP contribution in [-0.4, -0.2) is 24.0 Å². The van der Waals surface area contributed by atoms with Crippen LogP contribution in [0.2, 0.25) is 10.0 Å². The number of ether oxygens (including phenoxy) is 1. The molecule has 0 unspecified atom stereocenters. The monoisotopic (exact) mass is 374 g/mol. The average molecular weight is 375 g/mol. The van der Waals surface area contributed by atoms with Crippen LogP contribution in [0.15, 0.2) is 55.1 Å². The summed E-state index contributed by atoms with van der Waals surface area (Å²) in [7, 11) is 0. The van der Waals surface area contributed by atoms with E-state index in [1.54, 1.807) is 41.3 Å². The Kier molecular flexibility index (Phi) is 6.88. The zero-order valence-corrected chi connectivity index (χ0v) is 14.9. The van der Waals surface area contributed by atoms with Crippen molar-refractivity contribution in [1.29, 1.82) is 5.26 Å². The van der Waals surface area contributed by atoms with Gasteiger partial charge in [-0.15, -0.1) is 6.58 Å². The molecule has 0 bridgehead atoms. The number of nitrogens with zero attached hydrogens (tertiary/aromatic N) is 2. The van der Waals surface area contributed by atoms with Gasteiger partial charge in [0.05, 0.1) is 21.7 Å². The molecule has 0 saturated heterocycles. The zero-order chi connectivity index (χ0) is 18.2. The van der Waals surface area contributed by atoms with Crippen LogP contribution in [0, 0.1) is 11.3 Å². The van der Waals surface area contributed by atoms with Gasteiger partial charge >= 0.3 is 0 Å². The predicted molar refractivity (Wildman–Crippen MR) is 98.7 cm³/mol. The molecule has 0 saturated carbocycles. The molecule has 128 valence electrons. The third-order valence-corrected chi connectivity index (χ3v) is 4.15. The molecule has 0 aliphatic heterocycles. The van der Waals surface area contributed by atoms with E-state index in [4.69, 9.17) is 33.2 Å². The van der Waals surface area contributed by atoms with Gasteiger partial charge in [-0.2, -0.15) is 5.26 Å². The zero-order valence-electron chi connectivity index (χ0n) is 13.4. The average Bonchev–Trinajstić information content (AvgIpc) is 2.62. The fraction of sp³-hybridized carbons (Fsp3) is 0.158. The Bertz CT molecular complexity index is 798. The molecule has 4 nitrogen and oxygen atoms in total. The Balaban J connectivity index is 2.00. The van der Waals surface area contributed by atoms with E-state index in [0.717, 1.165) is 5.56 Å². The molecule has 0 radical (unpaired) electrons. The number of carbonyl (C=O) groups excluding carboxylic acids is 1. The third kappa shape index (κ3) is 5.53. The Hall–Kier alpha value is -2.48. The summed E-state index contributed by atoms with van der Waals surface area (Å²) < 4.78 is 5.49. The normalized spacial score (nSPS) is 9.96. The lowest BCUT2D eigenvalue weighted by molar-refractivity contribution is -0.133. The maximum Gasteiger partial charge on any atom is 0.261 e. The maximum atomic E-state index is 12.4. The summed E-state index contributed by atoms with van der Waals surface area (Å²) in [6.07, 6.45) is 1.65. The quantitative estimate of drug-likeness (QED) is 0.672. The number of carbonyl (C=O) groups is 1. The molecule has 25 heavy (non-hydrogen) atoms. The number of benzene rings is 2. The molecular weight excluding hydrogens is 359 g/mol. The van der Waals surface area contributed by atoms with Gasteiger partial charge in [-0.1, -0.05) is 41.4 Å². The van der Waals surface area contributed by atoms with Crippen molar-refractivity contribution in [3.8, 4) is 11.8 Å². The van der Waals surface area contributed by atoms with Gasteiger partial charge in [-0.25, -0.2) is 0 Å². The van der Waals surface area contributed by atoms with Crippen LogP contribution in [-0.2, 0) is 11.3 Å². The van der Waals surface area contributed by atoms with Gasteiger partial charge in [0.25, 0.3) is 5.91 Å². The van der Waals surface area contributed by atoms with E-state index < -0.39 is 0 Å². The first-order valence-corrected chi connectivity index (χ1v) is 8.24. The summed E-state index contributed by atoms with van der Waals surface area (Å²) >= 11 is 11.8. The topological polar surface area (TPSA) is 53.3 Å². The second-order valence-electron chi connectivity index (χ2n) is 5.24. The van der Waals surface area contributed by atoms with Crippen molar-refractivity contribution in [1.82, 2.24) is 4.90 Å². The second kappa shape index (κ2) is 9.12. The first-order chi connectivity index (χ1) is 12.0. The standard InChI is InChI=1S/C19H16Cl2N2O2/c1-2-9-23(12-15-5-3-14(11-22)4-6-15)19(24)13-25-16-7-8-17(20)18(21)10-16/h2-8,10H,1,9,12-13H2. The molecule has 0 aliphatic carbocycles. The van der Waals surface area contributed by atoms with Crippen molar-refractivity contribution in [2.24, 2.45) is 0 Å². The van der Waals surface area contributed by atoms with Gasteiger partial charge < -0.3 is 9.64 Å². The maximum absolute atomic E-state index is 12.4. The molecule has 6 heteroatoms. The smallest absolute Gasteiger partial charge is 0.261 e.